The molecule has 2 nitrogen and oxygen atoms in total. The molecular formula is C10H8BrNOS. The van der Waals surface area contributed by atoms with E-state index in [0.29, 0.717) is 10.8 Å². The first kappa shape index (κ1) is 10.0. The summed E-state index contributed by atoms with van der Waals surface area (Å²) in [4.78, 5) is 1.13. The minimum Gasteiger partial charge on any atom is -0.379 e. The number of nitrogens with zero attached hydrogens (tertiary/aromatic N) is 1. The third-order valence-electron chi connectivity index (χ3n) is 1.91. The van der Waals surface area contributed by atoms with Crippen molar-refractivity contribution in [3.8, 4) is 6.07 Å². The van der Waals surface area contributed by atoms with Crippen LogP contribution in [-0.2, 0) is 4.74 Å². The van der Waals surface area contributed by atoms with Gasteiger partial charge in [-0.3, -0.25) is 0 Å². The molecule has 1 aromatic carbocycles. The van der Waals surface area contributed by atoms with E-state index in [9.17, 15) is 0 Å². The summed E-state index contributed by atoms with van der Waals surface area (Å²) in [6.45, 7) is 1.64. The summed E-state index contributed by atoms with van der Waals surface area (Å²) in [6, 6.07) is 7.91. The number of benzene rings is 1. The summed E-state index contributed by atoms with van der Waals surface area (Å²) in [7, 11) is 0. The number of nitriles is 1. The van der Waals surface area contributed by atoms with E-state index < -0.39 is 0 Å². The molecule has 0 unspecified atom stereocenters. The van der Waals surface area contributed by atoms with Gasteiger partial charge in [0.1, 0.15) is 0 Å². The maximum absolute atomic E-state index is 8.79. The molecule has 1 heterocycles. The minimum atomic E-state index is 0.552. The fourth-order valence-corrected chi connectivity index (χ4v) is 2.92. The van der Waals surface area contributed by atoms with E-state index in [1.54, 1.807) is 11.8 Å². The first-order valence-electron chi connectivity index (χ1n) is 4.23. The second-order valence-corrected chi connectivity index (χ2v) is 5.35. The predicted molar refractivity (Wildman–Crippen MR) is 59.3 cm³/mol. The summed E-state index contributed by atoms with van der Waals surface area (Å²) in [6.07, 6.45) is 0. The number of halogens is 1. The van der Waals surface area contributed by atoms with Gasteiger partial charge in [0.15, 0.2) is 0 Å². The van der Waals surface area contributed by atoms with Gasteiger partial charge in [0.2, 0.25) is 0 Å². The molecule has 0 amide bonds. The van der Waals surface area contributed by atoms with E-state index >= 15 is 0 Å². The maximum atomic E-state index is 8.79. The first-order chi connectivity index (χ1) is 6.78. The minimum absolute atomic E-state index is 0.552. The summed E-state index contributed by atoms with van der Waals surface area (Å²) < 4.78 is 6.05. The molecular weight excluding hydrogens is 262 g/mol. The van der Waals surface area contributed by atoms with Crippen LogP contribution in [0.2, 0.25) is 0 Å². The second-order valence-electron chi connectivity index (χ2n) is 3.06. The van der Waals surface area contributed by atoms with E-state index in [2.05, 4.69) is 22.0 Å². The Morgan fingerprint density at radius 3 is 2.79 bits per heavy atom. The monoisotopic (exact) mass is 269 g/mol. The summed E-state index contributed by atoms with van der Waals surface area (Å²) in [5.41, 5.74) is 0.696. The highest BCUT2D eigenvalue weighted by molar-refractivity contribution is 9.10. The quantitative estimate of drug-likeness (QED) is 0.828. The van der Waals surface area contributed by atoms with E-state index in [0.717, 1.165) is 22.6 Å². The number of hydrogen-bond donors (Lipinski definition) is 0. The topological polar surface area (TPSA) is 33.0 Å². The van der Waals surface area contributed by atoms with Crippen LogP contribution in [-0.4, -0.2) is 18.5 Å². The highest BCUT2D eigenvalue weighted by Crippen LogP contribution is 2.30. The number of rotatable bonds is 2. The molecule has 72 valence electrons. The fourth-order valence-electron chi connectivity index (χ4n) is 1.17. The summed E-state index contributed by atoms with van der Waals surface area (Å²) in [5, 5.41) is 9.34. The zero-order chi connectivity index (χ0) is 9.97. The fraction of sp³-hybridized carbons (Fsp3) is 0.300. The van der Waals surface area contributed by atoms with Crippen LogP contribution in [0.4, 0.5) is 0 Å². The molecule has 0 saturated carbocycles. The van der Waals surface area contributed by atoms with Crippen molar-refractivity contribution in [1.29, 1.82) is 5.26 Å². The Kier molecular flexibility index (Phi) is 3.12. The first-order valence-corrected chi connectivity index (χ1v) is 5.90. The lowest BCUT2D eigenvalue weighted by molar-refractivity contribution is 0.0455. The molecule has 0 radical (unpaired) electrons. The van der Waals surface area contributed by atoms with Crippen molar-refractivity contribution in [3.63, 3.8) is 0 Å². The van der Waals surface area contributed by atoms with Gasteiger partial charge in [-0.25, -0.2) is 0 Å². The van der Waals surface area contributed by atoms with Gasteiger partial charge in [-0.15, -0.1) is 11.8 Å². The Balaban J connectivity index is 2.16. The SMILES string of the molecule is N#Cc1cc(Br)cc(SC2COC2)c1. The predicted octanol–water partition coefficient (Wildman–Crippen LogP) is 2.81. The van der Waals surface area contributed by atoms with Gasteiger partial charge in [0.25, 0.3) is 0 Å². The summed E-state index contributed by atoms with van der Waals surface area (Å²) >= 11 is 5.16. The standard InChI is InChI=1S/C10H8BrNOS/c11-8-1-7(4-12)2-9(3-8)14-10-5-13-6-10/h1-3,10H,5-6H2. The molecule has 0 aliphatic carbocycles. The largest absolute Gasteiger partial charge is 0.379 e. The third-order valence-corrected chi connectivity index (χ3v) is 3.48. The van der Waals surface area contributed by atoms with Crippen molar-refractivity contribution in [2.75, 3.05) is 13.2 Å². The van der Waals surface area contributed by atoms with Crippen LogP contribution >= 0.6 is 27.7 Å². The van der Waals surface area contributed by atoms with Crippen LogP contribution in [0.1, 0.15) is 5.56 Å². The average molecular weight is 270 g/mol. The highest BCUT2D eigenvalue weighted by Gasteiger charge is 2.19. The Morgan fingerprint density at radius 1 is 1.43 bits per heavy atom. The molecule has 1 saturated heterocycles. The van der Waals surface area contributed by atoms with E-state index in [-0.39, 0.29) is 0 Å². The van der Waals surface area contributed by atoms with Gasteiger partial charge < -0.3 is 4.74 Å². The molecule has 1 fully saturated rings. The normalized spacial score (nSPS) is 16.0. The van der Waals surface area contributed by atoms with Gasteiger partial charge in [0.05, 0.1) is 30.1 Å². The van der Waals surface area contributed by atoms with Gasteiger partial charge in [-0.2, -0.15) is 5.26 Å². The number of hydrogen-bond acceptors (Lipinski definition) is 3. The zero-order valence-electron chi connectivity index (χ0n) is 7.37. The maximum Gasteiger partial charge on any atom is 0.0992 e. The lowest BCUT2D eigenvalue weighted by atomic mass is 10.2. The molecule has 0 aromatic heterocycles. The lowest BCUT2D eigenvalue weighted by Crippen LogP contribution is -2.29. The molecule has 0 N–H and O–H groups in total. The van der Waals surface area contributed by atoms with Gasteiger partial charge in [-0.1, -0.05) is 15.9 Å². The Bertz CT molecular complexity index is 384. The van der Waals surface area contributed by atoms with E-state index in [1.807, 2.05) is 18.2 Å². The highest BCUT2D eigenvalue weighted by atomic mass is 79.9. The molecule has 0 atom stereocenters. The molecule has 1 aromatic rings. The van der Waals surface area contributed by atoms with Crippen molar-refractivity contribution in [2.24, 2.45) is 0 Å². The Morgan fingerprint density at radius 2 is 2.21 bits per heavy atom. The van der Waals surface area contributed by atoms with Crippen LogP contribution in [0.5, 0.6) is 0 Å². The van der Waals surface area contributed by atoms with Crippen molar-refractivity contribution in [2.45, 2.75) is 10.1 Å². The number of ether oxygens (including phenoxy) is 1. The molecule has 1 aliphatic heterocycles. The van der Waals surface area contributed by atoms with Crippen LogP contribution < -0.4 is 0 Å². The second kappa shape index (κ2) is 4.35. The van der Waals surface area contributed by atoms with E-state index in [4.69, 9.17) is 10.00 Å². The molecule has 2 rings (SSSR count). The third kappa shape index (κ3) is 2.30. The molecule has 14 heavy (non-hydrogen) atoms. The Labute approximate surface area is 95.4 Å². The van der Waals surface area contributed by atoms with Crippen molar-refractivity contribution in [3.05, 3.63) is 28.2 Å². The van der Waals surface area contributed by atoms with Gasteiger partial charge >= 0.3 is 0 Å². The van der Waals surface area contributed by atoms with Gasteiger partial charge in [-0.05, 0) is 18.2 Å². The van der Waals surface area contributed by atoms with Crippen LogP contribution in [0.3, 0.4) is 0 Å². The molecule has 4 heteroatoms. The van der Waals surface area contributed by atoms with Crippen LogP contribution in [0.25, 0.3) is 0 Å². The molecule has 0 spiro atoms. The van der Waals surface area contributed by atoms with Crippen molar-refractivity contribution in [1.82, 2.24) is 0 Å². The van der Waals surface area contributed by atoms with Crippen molar-refractivity contribution < 1.29 is 4.74 Å². The van der Waals surface area contributed by atoms with Crippen molar-refractivity contribution >= 4 is 27.7 Å². The zero-order valence-corrected chi connectivity index (χ0v) is 9.77. The van der Waals surface area contributed by atoms with E-state index in [1.165, 1.54) is 0 Å². The number of thioether (sulfide) groups is 1. The molecule has 1 aliphatic rings. The summed E-state index contributed by atoms with van der Waals surface area (Å²) in [5.74, 6) is 0. The van der Waals surface area contributed by atoms with Crippen LogP contribution in [0, 0.1) is 11.3 Å². The van der Waals surface area contributed by atoms with Crippen LogP contribution in [0.15, 0.2) is 27.6 Å². The Hall–Kier alpha value is -0.500. The van der Waals surface area contributed by atoms with Gasteiger partial charge in [0, 0.05) is 9.37 Å². The average Bonchev–Trinajstić information content (AvgIpc) is 2.10. The lowest BCUT2D eigenvalue weighted by Gasteiger charge is -2.25. The smallest absolute Gasteiger partial charge is 0.0992 e. The molecule has 0 bridgehead atoms.